The molecule has 1 aromatic rings. The van der Waals surface area contributed by atoms with Gasteiger partial charge in [-0.1, -0.05) is 13.8 Å². The Balaban J connectivity index is 2.28. The molecular weight excluding hydrogens is 182 g/mol. The molecule has 0 aromatic carbocycles. The van der Waals surface area contributed by atoms with Gasteiger partial charge in [0.05, 0.1) is 12.3 Å². The van der Waals surface area contributed by atoms with E-state index in [4.69, 9.17) is 10.2 Å². The lowest BCUT2D eigenvalue weighted by Crippen LogP contribution is -1.93. The van der Waals surface area contributed by atoms with Crippen LogP contribution in [0.3, 0.4) is 0 Å². The van der Waals surface area contributed by atoms with E-state index < -0.39 is 0 Å². The monoisotopic (exact) mass is 199 g/mol. The van der Waals surface area contributed by atoms with Crippen LogP contribution in [0.25, 0.3) is 0 Å². The molecule has 1 heterocycles. The Morgan fingerprint density at radius 1 is 1.38 bits per heavy atom. The van der Waals surface area contributed by atoms with Gasteiger partial charge in [-0.3, -0.25) is 0 Å². The summed E-state index contributed by atoms with van der Waals surface area (Å²) in [6, 6.07) is 3.96. The van der Waals surface area contributed by atoms with Crippen LogP contribution in [-0.4, -0.2) is 5.75 Å². The van der Waals surface area contributed by atoms with Crippen LogP contribution >= 0.6 is 11.8 Å². The Kier molecular flexibility index (Phi) is 4.39. The van der Waals surface area contributed by atoms with Gasteiger partial charge in [-0.05, 0) is 23.8 Å². The molecule has 0 fully saturated rings. The van der Waals surface area contributed by atoms with Crippen LogP contribution in [0.1, 0.15) is 25.4 Å². The molecule has 2 N–H and O–H groups in total. The Labute approximate surface area is 83.9 Å². The van der Waals surface area contributed by atoms with Crippen LogP contribution < -0.4 is 5.73 Å². The first kappa shape index (κ1) is 10.7. The minimum Gasteiger partial charge on any atom is -0.464 e. The van der Waals surface area contributed by atoms with Gasteiger partial charge in [0.25, 0.3) is 0 Å². The van der Waals surface area contributed by atoms with Gasteiger partial charge in [0.2, 0.25) is 0 Å². The van der Waals surface area contributed by atoms with Crippen LogP contribution in [0.2, 0.25) is 0 Å². The van der Waals surface area contributed by atoms with Crippen molar-refractivity contribution in [3.05, 3.63) is 23.7 Å². The fraction of sp³-hybridized carbons (Fsp3) is 0.600. The predicted octanol–water partition coefficient (Wildman–Crippen LogP) is 2.63. The second-order valence-electron chi connectivity index (χ2n) is 3.48. The van der Waals surface area contributed by atoms with Gasteiger partial charge in [-0.15, -0.1) is 0 Å². The third-order valence-electron chi connectivity index (χ3n) is 1.61. The maximum Gasteiger partial charge on any atom is 0.117 e. The smallest absolute Gasteiger partial charge is 0.117 e. The summed E-state index contributed by atoms with van der Waals surface area (Å²) in [4.78, 5) is 0. The summed E-state index contributed by atoms with van der Waals surface area (Å²) in [7, 11) is 0. The maximum absolute atomic E-state index is 5.47. The fourth-order valence-electron chi connectivity index (χ4n) is 1.00. The molecule has 2 nitrogen and oxygen atoms in total. The van der Waals surface area contributed by atoms with Crippen molar-refractivity contribution < 1.29 is 4.42 Å². The average Bonchev–Trinajstić information content (AvgIpc) is 2.52. The molecule has 0 saturated heterocycles. The van der Waals surface area contributed by atoms with Gasteiger partial charge in [0.1, 0.15) is 11.5 Å². The van der Waals surface area contributed by atoms with Crippen LogP contribution in [0.15, 0.2) is 16.5 Å². The Hall–Kier alpha value is -0.410. The molecule has 0 amide bonds. The van der Waals surface area contributed by atoms with Crippen molar-refractivity contribution >= 4 is 11.8 Å². The molecule has 1 aromatic heterocycles. The third kappa shape index (κ3) is 3.87. The van der Waals surface area contributed by atoms with E-state index in [1.54, 1.807) is 0 Å². The number of thioether (sulfide) groups is 1. The first-order valence-electron chi connectivity index (χ1n) is 4.57. The minimum atomic E-state index is 0.495. The summed E-state index contributed by atoms with van der Waals surface area (Å²) < 4.78 is 5.47. The van der Waals surface area contributed by atoms with Gasteiger partial charge in [-0.2, -0.15) is 11.8 Å². The topological polar surface area (TPSA) is 39.2 Å². The lowest BCUT2D eigenvalue weighted by molar-refractivity contribution is 0.482. The zero-order chi connectivity index (χ0) is 9.68. The van der Waals surface area contributed by atoms with Crippen LogP contribution in [0.5, 0.6) is 0 Å². The van der Waals surface area contributed by atoms with Crippen molar-refractivity contribution in [3.63, 3.8) is 0 Å². The van der Waals surface area contributed by atoms with Crippen molar-refractivity contribution in [1.82, 2.24) is 0 Å². The minimum absolute atomic E-state index is 0.495. The van der Waals surface area contributed by atoms with Gasteiger partial charge in [0.15, 0.2) is 0 Å². The number of rotatable bonds is 5. The summed E-state index contributed by atoms with van der Waals surface area (Å²) in [6.45, 7) is 4.94. The molecule has 0 aliphatic rings. The third-order valence-corrected chi connectivity index (χ3v) is 3.01. The molecule has 0 bridgehead atoms. The van der Waals surface area contributed by atoms with E-state index in [1.165, 1.54) is 5.75 Å². The van der Waals surface area contributed by atoms with E-state index in [1.807, 2.05) is 23.9 Å². The van der Waals surface area contributed by atoms with Crippen molar-refractivity contribution in [1.29, 1.82) is 0 Å². The molecule has 0 atom stereocenters. The summed E-state index contributed by atoms with van der Waals surface area (Å²) in [5.74, 6) is 4.79. The highest BCUT2D eigenvalue weighted by atomic mass is 32.2. The van der Waals surface area contributed by atoms with E-state index in [-0.39, 0.29) is 0 Å². The number of hydrogen-bond acceptors (Lipinski definition) is 3. The number of furan rings is 1. The van der Waals surface area contributed by atoms with E-state index in [2.05, 4.69) is 13.8 Å². The van der Waals surface area contributed by atoms with Crippen molar-refractivity contribution in [2.45, 2.75) is 26.1 Å². The molecule has 0 spiro atoms. The predicted molar refractivity (Wildman–Crippen MR) is 57.6 cm³/mol. The molecule has 0 aliphatic carbocycles. The SMILES string of the molecule is CC(C)CSCc1ccc(CN)o1. The van der Waals surface area contributed by atoms with Gasteiger partial charge >= 0.3 is 0 Å². The molecule has 0 saturated carbocycles. The lowest BCUT2D eigenvalue weighted by atomic mass is 10.3. The zero-order valence-corrected chi connectivity index (χ0v) is 9.06. The summed E-state index contributed by atoms with van der Waals surface area (Å²) in [5, 5.41) is 0. The molecular formula is C10H17NOS. The van der Waals surface area contributed by atoms with E-state index in [0.29, 0.717) is 6.54 Å². The molecule has 1 rings (SSSR count). The van der Waals surface area contributed by atoms with Gasteiger partial charge < -0.3 is 10.2 Å². The highest BCUT2D eigenvalue weighted by Crippen LogP contribution is 2.17. The van der Waals surface area contributed by atoms with Crippen molar-refractivity contribution in [3.8, 4) is 0 Å². The summed E-state index contributed by atoms with van der Waals surface area (Å²) >= 11 is 1.90. The van der Waals surface area contributed by atoms with Crippen LogP contribution in [-0.2, 0) is 12.3 Å². The Morgan fingerprint density at radius 3 is 2.62 bits per heavy atom. The first-order chi connectivity index (χ1) is 6.22. The molecule has 74 valence electrons. The Bertz CT molecular complexity index is 245. The summed E-state index contributed by atoms with van der Waals surface area (Å²) in [5.41, 5.74) is 5.44. The first-order valence-corrected chi connectivity index (χ1v) is 5.73. The van der Waals surface area contributed by atoms with Crippen LogP contribution in [0, 0.1) is 5.92 Å². The van der Waals surface area contributed by atoms with Crippen molar-refractivity contribution in [2.75, 3.05) is 5.75 Å². The number of nitrogens with two attached hydrogens (primary N) is 1. The quantitative estimate of drug-likeness (QED) is 0.792. The zero-order valence-electron chi connectivity index (χ0n) is 8.25. The highest BCUT2D eigenvalue weighted by Gasteiger charge is 2.01. The highest BCUT2D eigenvalue weighted by molar-refractivity contribution is 7.98. The maximum atomic E-state index is 5.47. The van der Waals surface area contributed by atoms with E-state index in [0.717, 1.165) is 23.2 Å². The average molecular weight is 199 g/mol. The van der Waals surface area contributed by atoms with Gasteiger partial charge in [0, 0.05) is 0 Å². The molecule has 3 heteroatoms. The lowest BCUT2D eigenvalue weighted by Gasteiger charge is -2.01. The van der Waals surface area contributed by atoms with Crippen molar-refractivity contribution in [2.24, 2.45) is 11.7 Å². The Morgan fingerprint density at radius 2 is 2.08 bits per heavy atom. The molecule has 0 radical (unpaired) electrons. The fourth-order valence-corrected chi connectivity index (χ4v) is 1.95. The second-order valence-corrected chi connectivity index (χ2v) is 4.51. The van der Waals surface area contributed by atoms with Gasteiger partial charge in [-0.25, -0.2) is 0 Å². The molecule has 13 heavy (non-hydrogen) atoms. The summed E-state index contributed by atoms with van der Waals surface area (Å²) in [6.07, 6.45) is 0. The normalized spacial score (nSPS) is 11.1. The second kappa shape index (κ2) is 5.35. The molecule has 0 aliphatic heterocycles. The number of hydrogen-bond donors (Lipinski definition) is 1. The van der Waals surface area contributed by atoms with E-state index >= 15 is 0 Å². The molecule has 0 unspecified atom stereocenters. The van der Waals surface area contributed by atoms with Crippen LogP contribution in [0.4, 0.5) is 0 Å². The van der Waals surface area contributed by atoms with E-state index in [9.17, 15) is 0 Å². The standard InChI is InChI=1S/C10H17NOS/c1-8(2)6-13-7-10-4-3-9(5-11)12-10/h3-4,8H,5-7,11H2,1-2H3. The largest absolute Gasteiger partial charge is 0.464 e.